The third-order valence-electron chi connectivity index (χ3n) is 8.49. The molecule has 37 heavy (non-hydrogen) atoms. The van der Waals surface area contributed by atoms with Crippen LogP contribution in [0.25, 0.3) is 0 Å². The number of carbonyl (C=O) groups is 3. The van der Waals surface area contributed by atoms with Crippen molar-refractivity contribution in [2.24, 2.45) is 23.2 Å². The first-order valence-corrected chi connectivity index (χ1v) is 12.9. The Balaban J connectivity index is 1.96. The molecule has 1 aromatic carbocycles. The largest absolute Gasteiger partial charge is 0.457 e. The summed E-state index contributed by atoms with van der Waals surface area (Å²) in [4.78, 5) is 39.5. The average Bonchev–Trinajstić information content (AvgIpc) is 3.13. The van der Waals surface area contributed by atoms with Crippen LogP contribution >= 0.6 is 0 Å². The van der Waals surface area contributed by atoms with E-state index in [2.05, 4.69) is 5.32 Å². The number of aliphatic hydroxyl groups is 2. The normalized spacial score (nSPS) is 39.6. The van der Waals surface area contributed by atoms with Gasteiger partial charge in [-0.25, -0.2) is 0 Å². The number of allylic oxidation sites excluding steroid dienone is 1. The molecule has 3 aliphatic rings. The zero-order chi connectivity index (χ0) is 27.1. The summed E-state index contributed by atoms with van der Waals surface area (Å²) in [6.07, 6.45) is 5.17. The number of aliphatic hydroxyl groups excluding tert-OH is 1. The highest BCUT2D eigenvalue weighted by Crippen LogP contribution is 2.57. The maximum absolute atomic E-state index is 14.2. The molecule has 7 heteroatoms. The van der Waals surface area contributed by atoms with Gasteiger partial charge in [-0.15, -0.1) is 0 Å². The van der Waals surface area contributed by atoms with Crippen molar-refractivity contribution < 1.29 is 29.3 Å². The molecule has 0 aromatic heterocycles. The van der Waals surface area contributed by atoms with Gasteiger partial charge in [0.25, 0.3) is 0 Å². The van der Waals surface area contributed by atoms with Gasteiger partial charge < -0.3 is 20.3 Å². The van der Waals surface area contributed by atoms with Crippen molar-refractivity contribution in [3.05, 3.63) is 71.3 Å². The number of amides is 1. The van der Waals surface area contributed by atoms with E-state index in [0.29, 0.717) is 12.8 Å². The lowest BCUT2D eigenvalue weighted by Crippen LogP contribution is -2.58. The fraction of sp³-hybridized carbons (Fsp3) is 0.500. The second-order valence-electron chi connectivity index (χ2n) is 11.0. The molecule has 3 N–H and O–H groups in total. The summed E-state index contributed by atoms with van der Waals surface area (Å²) in [6, 6.07) is 9.52. The van der Waals surface area contributed by atoms with Crippen molar-refractivity contribution in [1.29, 1.82) is 0 Å². The van der Waals surface area contributed by atoms with E-state index in [9.17, 15) is 24.6 Å². The zero-order valence-corrected chi connectivity index (χ0v) is 22.1. The summed E-state index contributed by atoms with van der Waals surface area (Å²) in [5.41, 5.74) is -0.500. The molecule has 1 fully saturated rings. The monoisotopic (exact) mass is 507 g/mol. The van der Waals surface area contributed by atoms with E-state index in [1.165, 1.54) is 26.0 Å². The molecule has 1 aromatic rings. The van der Waals surface area contributed by atoms with E-state index in [1.54, 1.807) is 19.1 Å². The van der Waals surface area contributed by atoms with E-state index in [-0.39, 0.29) is 17.7 Å². The average molecular weight is 508 g/mol. The van der Waals surface area contributed by atoms with Crippen LogP contribution in [0.1, 0.15) is 46.6 Å². The third-order valence-corrected chi connectivity index (χ3v) is 8.49. The van der Waals surface area contributed by atoms with Crippen LogP contribution in [0.15, 0.2) is 65.8 Å². The highest BCUT2D eigenvalue weighted by atomic mass is 16.5. The number of hydrogen-bond donors (Lipinski definition) is 3. The standard InChI is InChI=1S/C30H37NO6/c1-17-10-9-13-22-26(33)19(3)18(2)25-23(16-21-11-7-6-8-12-21)31-28(35)30(22,25)24(37-20(4)32)14-15-29(5,36)27(17)34/h6-9,11-15,17,22-26,33,36H,10,16H2,1-5H3,(H,31,35)/b13-9+,15-14+/t17-,22?,23-,24?,25-,26+,29+,30+/m0/s1. The quantitative estimate of drug-likeness (QED) is 0.428. The minimum atomic E-state index is -1.82. The number of ketones is 1. The molecule has 0 saturated carbocycles. The van der Waals surface area contributed by atoms with Crippen LogP contribution in [-0.4, -0.2) is 51.7 Å². The number of nitrogens with one attached hydrogen (secondary N) is 1. The van der Waals surface area contributed by atoms with Gasteiger partial charge >= 0.3 is 5.97 Å². The Morgan fingerprint density at radius 2 is 1.81 bits per heavy atom. The van der Waals surface area contributed by atoms with E-state index in [4.69, 9.17) is 4.74 Å². The molecule has 8 atom stereocenters. The molecule has 1 amide bonds. The van der Waals surface area contributed by atoms with E-state index in [1.807, 2.05) is 44.2 Å². The van der Waals surface area contributed by atoms with Gasteiger partial charge in [-0.3, -0.25) is 14.4 Å². The van der Waals surface area contributed by atoms with Crippen molar-refractivity contribution >= 4 is 17.7 Å². The lowest BCUT2D eigenvalue weighted by Gasteiger charge is -2.49. The molecule has 2 unspecified atom stereocenters. The predicted molar refractivity (Wildman–Crippen MR) is 139 cm³/mol. The van der Waals surface area contributed by atoms with Gasteiger partial charge in [0.15, 0.2) is 5.78 Å². The van der Waals surface area contributed by atoms with Crippen molar-refractivity contribution in [3.8, 4) is 0 Å². The molecule has 2 aliphatic carbocycles. The zero-order valence-electron chi connectivity index (χ0n) is 22.1. The fourth-order valence-electron chi connectivity index (χ4n) is 6.54. The second-order valence-corrected chi connectivity index (χ2v) is 11.0. The third kappa shape index (κ3) is 4.59. The highest BCUT2D eigenvalue weighted by molar-refractivity contribution is 5.91. The lowest BCUT2D eigenvalue weighted by atomic mass is 9.54. The summed E-state index contributed by atoms with van der Waals surface area (Å²) >= 11 is 0. The van der Waals surface area contributed by atoms with Crippen molar-refractivity contribution in [3.63, 3.8) is 0 Å². The first-order valence-electron chi connectivity index (χ1n) is 12.9. The van der Waals surface area contributed by atoms with Gasteiger partial charge in [0, 0.05) is 30.7 Å². The number of Topliss-reactive ketones (excluding diaryl/α,β-unsaturated/α-hetero) is 1. The second kappa shape index (κ2) is 10.0. The molecule has 4 rings (SSSR count). The predicted octanol–water partition coefficient (Wildman–Crippen LogP) is 3.06. The Kier molecular flexibility index (Phi) is 7.32. The van der Waals surface area contributed by atoms with Crippen LogP contribution < -0.4 is 5.32 Å². The number of ether oxygens (including phenoxy) is 1. The molecule has 198 valence electrons. The molecule has 1 aliphatic heterocycles. The molecule has 1 heterocycles. The molecular formula is C30H37NO6. The molecular weight excluding hydrogens is 470 g/mol. The van der Waals surface area contributed by atoms with Gasteiger partial charge in [0.2, 0.25) is 5.91 Å². The SMILES string of the molecule is CC(=O)OC1/C=C/[C@@](C)(O)C(=O)[C@@H](C)C/C=C/C2[C@H](O)C(C)=C(C)[C@H]3[C@H](Cc4ccccc4)NC(=O)[C@@]123. The van der Waals surface area contributed by atoms with Gasteiger partial charge in [0.05, 0.1) is 6.10 Å². The van der Waals surface area contributed by atoms with Gasteiger partial charge in [-0.05, 0) is 56.9 Å². The van der Waals surface area contributed by atoms with Crippen LogP contribution in [-0.2, 0) is 25.5 Å². The minimum absolute atomic E-state index is 0.314. The summed E-state index contributed by atoms with van der Waals surface area (Å²) in [7, 11) is 0. The maximum atomic E-state index is 14.2. The number of carbonyl (C=O) groups excluding carboxylic acids is 3. The first kappa shape index (κ1) is 27.0. The fourth-order valence-corrected chi connectivity index (χ4v) is 6.54. The van der Waals surface area contributed by atoms with Crippen molar-refractivity contribution in [2.75, 3.05) is 0 Å². The van der Waals surface area contributed by atoms with Crippen LogP contribution in [0, 0.1) is 23.2 Å². The molecule has 1 spiro atoms. The lowest BCUT2D eigenvalue weighted by molar-refractivity contribution is -0.161. The number of rotatable bonds is 3. The topological polar surface area (TPSA) is 113 Å². The van der Waals surface area contributed by atoms with Crippen LogP contribution in [0.5, 0.6) is 0 Å². The summed E-state index contributed by atoms with van der Waals surface area (Å²) < 4.78 is 5.82. The number of hydrogen-bond acceptors (Lipinski definition) is 6. The smallest absolute Gasteiger partial charge is 0.303 e. The van der Waals surface area contributed by atoms with Gasteiger partial charge in [-0.1, -0.05) is 55.0 Å². The Morgan fingerprint density at radius 1 is 1.14 bits per heavy atom. The number of esters is 1. The molecule has 0 radical (unpaired) electrons. The maximum Gasteiger partial charge on any atom is 0.303 e. The summed E-state index contributed by atoms with van der Waals surface area (Å²) in [5, 5.41) is 25.7. The van der Waals surface area contributed by atoms with Crippen molar-refractivity contribution in [2.45, 2.75) is 71.3 Å². The molecule has 7 nitrogen and oxygen atoms in total. The molecule has 0 bridgehead atoms. The van der Waals surface area contributed by atoms with E-state index >= 15 is 0 Å². The van der Waals surface area contributed by atoms with Gasteiger partial charge in [-0.2, -0.15) is 0 Å². The Labute approximate surface area is 218 Å². The van der Waals surface area contributed by atoms with Crippen molar-refractivity contribution in [1.82, 2.24) is 5.32 Å². The first-order chi connectivity index (χ1) is 17.4. The summed E-state index contributed by atoms with van der Waals surface area (Å²) in [6.45, 7) is 8.20. The van der Waals surface area contributed by atoms with E-state index < -0.39 is 46.9 Å². The van der Waals surface area contributed by atoms with Gasteiger partial charge in [0.1, 0.15) is 17.1 Å². The Bertz CT molecular complexity index is 1170. The van der Waals surface area contributed by atoms with E-state index in [0.717, 1.165) is 16.7 Å². The summed E-state index contributed by atoms with van der Waals surface area (Å²) in [5.74, 6) is -2.92. The van der Waals surface area contributed by atoms with Crippen LogP contribution in [0.3, 0.4) is 0 Å². The molecule has 1 saturated heterocycles. The van der Waals surface area contributed by atoms with Crippen LogP contribution in [0.2, 0.25) is 0 Å². The minimum Gasteiger partial charge on any atom is -0.457 e. The Hall–Kier alpha value is -3.03. The van der Waals surface area contributed by atoms with Crippen LogP contribution in [0.4, 0.5) is 0 Å². The highest BCUT2D eigenvalue weighted by Gasteiger charge is 2.67. The number of benzene rings is 1. The Morgan fingerprint density at radius 3 is 2.46 bits per heavy atom.